The lowest BCUT2D eigenvalue weighted by Crippen LogP contribution is -2.01. The van der Waals surface area contributed by atoms with Gasteiger partial charge in [0.15, 0.2) is 5.76 Å². The van der Waals surface area contributed by atoms with Crippen molar-refractivity contribution in [2.75, 3.05) is 0 Å². The molecule has 7 heteroatoms. The molecule has 1 aromatic carbocycles. The third kappa shape index (κ3) is 2.31. The van der Waals surface area contributed by atoms with Crippen molar-refractivity contribution in [3.63, 3.8) is 0 Å². The van der Waals surface area contributed by atoms with Gasteiger partial charge in [-0.15, -0.1) is 10.2 Å². The second-order valence-corrected chi connectivity index (χ2v) is 5.38. The smallest absolute Gasteiger partial charge is 0.350 e. The van der Waals surface area contributed by atoms with Crippen molar-refractivity contribution in [3.05, 3.63) is 59.1 Å². The second-order valence-electron chi connectivity index (χ2n) is 4.39. The largest absolute Gasteiger partial charge is 0.459 e. The molecule has 0 N–H and O–H groups in total. The molecule has 0 aliphatic heterocycles. The van der Waals surface area contributed by atoms with Crippen LogP contribution >= 0.6 is 11.8 Å². The Morgan fingerprint density at radius 1 is 1.00 bits per heavy atom. The molecule has 0 spiro atoms. The minimum atomic E-state index is -0.443. The molecular formula is C15H8N2O4S. The molecule has 0 saturated carbocycles. The van der Waals surface area contributed by atoms with E-state index in [9.17, 15) is 4.79 Å². The van der Waals surface area contributed by atoms with Crippen LogP contribution in [0.2, 0.25) is 0 Å². The molecular weight excluding hydrogens is 304 g/mol. The molecule has 0 fully saturated rings. The average Bonchev–Trinajstić information content (AvgIpc) is 3.18. The number of nitrogens with zero attached hydrogens (tertiary/aromatic N) is 2. The number of hydrogen-bond donors (Lipinski definition) is 0. The first-order valence-corrected chi connectivity index (χ1v) is 7.19. The van der Waals surface area contributed by atoms with Gasteiger partial charge in [0, 0.05) is 5.39 Å². The summed E-state index contributed by atoms with van der Waals surface area (Å²) in [6, 6.07) is 12.5. The first-order chi connectivity index (χ1) is 10.8. The minimum Gasteiger partial charge on any atom is -0.459 e. The Bertz CT molecular complexity index is 988. The number of benzene rings is 1. The predicted molar refractivity (Wildman–Crippen MR) is 78.6 cm³/mol. The fourth-order valence-corrected chi connectivity index (χ4v) is 2.66. The molecule has 0 saturated heterocycles. The van der Waals surface area contributed by atoms with Crippen molar-refractivity contribution >= 4 is 22.7 Å². The van der Waals surface area contributed by atoms with Crippen molar-refractivity contribution in [1.29, 1.82) is 0 Å². The maximum absolute atomic E-state index is 12.0. The fraction of sp³-hybridized carbons (Fsp3) is 0. The van der Waals surface area contributed by atoms with Crippen molar-refractivity contribution in [3.8, 4) is 11.7 Å². The highest BCUT2D eigenvalue weighted by Crippen LogP contribution is 2.28. The molecule has 3 aromatic heterocycles. The van der Waals surface area contributed by atoms with Gasteiger partial charge in [-0.1, -0.05) is 18.2 Å². The van der Waals surface area contributed by atoms with E-state index in [1.807, 2.05) is 18.2 Å². The fourth-order valence-electron chi connectivity index (χ4n) is 1.96. The predicted octanol–water partition coefficient (Wildman–Crippen LogP) is 3.59. The van der Waals surface area contributed by atoms with Gasteiger partial charge in [0.25, 0.3) is 11.1 Å². The van der Waals surface area contributed by atoms with Crippen LogP contribution in [0.1, 0.15) is 0 Å². The highest BCUT2D eigenvalue weighted by molar-refractivity contribution is 7.99. The highest BCUT2D eigenvalue weighted by atomic mass is 32.2. The Labute approximate surface area is 127 Å². The molecule has 0 amide bonds. The molecule has 0 atom stereocenters. The molecule has 6 nitrogen and oxygen atoms in total. The average molecular weight is 312 g/mol. The van der Waals surface area contributed by atoms with Gasteiger partial charge >= 0.3 is 5.63 Å². The standard InChI is InChI=1S/C15H8N2O4S/c18-14-12(8-9-4-1-2-5-10(9)20-14)22-15-17-16-13(21-15)11-6-3-7-19-11/h1-8H. The Morgan fingerprint density at radius 2 is 1.91 bits per heavy atom. The van der Waals surface area contributed by atoms with Crippen LogP contribution in [0.5, 0.6) is 0 Å². The van der Waals surface area contributed by atoms with Crippen LogP contribution in [-0.2, 0) is 0 Å². The van der Waals surface area contributed by atoms with Crippen LogP contribution in [-0.4, -0.2) is 10.2 Å². The van der Waals surface area contributed by atoms with E-state index in [-0.39, 0.29) is 11.1 Å². The van der Waals surface area contributed by atoms with Gasteiger partial charge in [0.1, 0.15) is 10.5 Å². The zero-order valence-corrected chi connectivity index (χ0v) is 11.9. The molecule has 4 rings (SSSR count). The van der Waals surface area contributed by atoms with Crippen LogP contribution in [0.3, 0.4) is 0 Å². The quantitative estimate of drug-likeness (QED) is 0.534. The lowest BCUT2D eigenvalue weighted by Gasteiger charge is -1.98. The van der Waals surface area contributed by atoms with Crippen LogP contribution in [0.25, 0.3) is 22.6 Å². The lowest BCUT2D eigenvalue weighted by atomic mass is 10.2. The number of hydrogen-bond acceptors (Lipinski definition) is 7. The summed E-state index contributed by atoms with van der Waals surface area (Å²) in [6.07, 6.45) is 1.52. The van der Waals surface area contributed by atoms with E-state index in [1.165, 1.54) is 6.26 Å². The van der Waals surface area contributed by atoms with Gasteiger partial charge in [-0.3, -0.25) is 0 Å². The molecule has 3 heterocycles. The van der Waals surface area contributed by atoms with Crippen molar-refractivity contribution in [2.24, 2.45) is 0 Å². The molecule has 4 aromatic rings. The molecule has 0 bridgehead atoms. The van der Waals surface area contributed by atoms with Gasteiger partial charge in [-0.2, -0.15) is 0 Å². The van der Waals surface area contributed by atoms with Gasteiger partial charge in [0.2, 0.25) is 0 Å². The number of aromatic nitrogens is 2. The summed E-state index contributed by atoms with van der Waals surface area (Å²) >= 11 is 1.06. The Kier molecular flexibility index (Phi) is 3.05. The molecule has 0 unspecified atom stereocenters. The van der Waals surface area contributed by atoms with Crippen molar-refractivity contribution < 1.29 is 13.3 Å². The maximum Gasteiger partial charge on any atom is 0.350 e. The molecule has 0 aliphatic rings. The topological polar surface area (TPSA) is 82.3 Å². The lowest BCUT2D eigenvalue weighted by molar-refractivity contribution is 0.446. The molecule has 22 heavy (non-hydrogen) atoms. The SMILES string of the molecule is O=c1oc2ccccc2cc1Sc1nnc(-c2ccco2)o1. The Morgan fingerprint density at radius 3 is 2.77 bits per heavy atom. The van der Waals surface area contributed by atoms with E-state index in [0.29, 0.717) is 16.2 Å². The minimum absolute atomic E-state index is 0.244. The summed E-state index contributed by atoms with van der Waals surface area (Å²) in [5, 5.41) is 8.85. The van der Waals surface area contributed by atoms with E-state index in [2.05, 4.69) is 10.2 Å². The third-order valence-corrected chi connectivity index (χ3v) is 3.79. The van der Waals surface area contributed by atoms with Gasteiger partial charge in [-0.25, -0.2) is 4.79 Å². The maximum atomic E-state index is 12.0. The first kappa shape index (κ1) is 12.9. The van der Waals surface area contributed by atoms with Gasteiger partial charge < -0.3 is 13.3 Å². The van der Waals surface area contributed by atoms with Crippen molar-refractivity contribution in [2.45, 2.75) is 10.1 Å². The summed E-state index contributed by atoms with van der Waals surface area (Å²) in [6.45, 7) is 0. The summed E-state index contributed by atoms with van der Waals surface area (Å²) in [5.74, 6) is 0.738. The van der Waals surface area contributed by atoms with Crippen LogP contribution in [0, 0.1) is 0 Å². The Balaban J connectivity index is 1.69. The zero-order valence-electron chi connectivity index (χ0n) is 11.1. The molecule has 108 valence electrons. The monoisotopic (exact) mass is 312 g/mol. The van der Waals surface area contributed by atoms with Gasteiger partial charge in [-0.05, 0) is 36.0 Å². The van der Waals surface area contributed by atoms with Crippen molar-refractivity contribution in [1.82, 2.24) is 10.2 Å². The third-order valence-electron chi connectivity index (χ3n) is 2.95. The zero-order chi connectivity index (χ0) is 14.9. The molecule has 0 radical (unpaired) electrons. The number of furan rings is 1. The van der Waals surface area contributed by atoms with E-state index >= 15 is 0 Å². The van der Waals surface area contributed by atoms with Gasteiger partial charge in [0.05, 0.1) is 6.26 Å². The summed E-state index contributed by atoms with van der Waals surface area (Å²) in [5.41, 5.74) is 0.0973. The summed E-state index contributed by atoms with van der Waals surface area (Å²) in [4.78, 5) is 12.4. The number of rotatable bonds is 3. The summed E-state index contributed by atoms with van der Waals surface area (Å²) < 4.78 is 15.9. The normalized spacial score (nSPS) is 11.1. The van der Waals surface area contributed by atoms with Crippen LogP contribution < -0.4 is 5.63 Å². The van der Waals surface area contributed by atoms with E-state index in [4.69, 9.17) is 13.3 Å². The van der Waals surface area contributed by atoms with E-state index in [0.717, 1.165) is 17.1 Å². The number of fused-ring (bicyclic) bond motifs is 1. The van der Waals surface area contributed by atoms with E-state index in [1.54, 1.807) is 24.3 Å². The Hall–Kier alpha value is -2.80. The number of para-hydroxylation sites is 1. The van der Waals surface area contributed by atoms with E-state index < -0.39 is 5.63 Å². The molecule has 0 aliphatic carbocycles. The van der Waals surface area contributed by atoms with Crippen LogP contribution in [0.15, 0.2) is 76.9 Å². The second kappa shape index (κ2) is 5.19. The van der Waals surface area contributed by atoms with Crippen LogP contribution in [0.4, 0.5) is 0 Å². The first-order valence-electron chi connectivity index (χ1n) is 6.38. The summed E-state index contributed by atoms with van der Waals surface area (Å²) in [7, 11) is 0. The highest BCUT2D eigenvalue weighted by Gasteiger charge is 2.14.